The lowest BCUT2D eigenvalue weighted by Crippen LogP contribution is -2.53. The molecule has 0 bridgehead atoms. The molecule has 3 nitrogen and oxygen atoms in total. The molecule has 1 heterocycles. The number of aliphatic hydroxyl groups is 1. The maximum absolute atomic E-state index is 9.28. The number of ether oxygens (including phenoxy) is 1. The zero-order chi connectivity index (χ0) is 10.7. The van der Waals surface area contributed by atoms with Crippen molar-refractivity contribution in [3.63, 3.8) is 0 Å². The first-order valence-corrected chi connectivity index (χ1v) is 6.46. The van der Waals surface area contributed by atoms with E-state index in [0.29, 0.717) is 12.0 Å². The zero-order valence-corrected chi connectivity index (χ0v) is 10.1. The Morgan fingerprint density at radius 1 is 1.47 bits per heavy atom. The van der Waals surface area contributed by atoms with Crippen LogP contribution in [0.3, 0.4) is 0 Å². The van der Waals surface area contributed by atoms with Crippen molar-refractivity contribution in [3.8, 4) is 0 Å². The molecule has 1 unspecified atom stereocenters. The van der Waals surface area contributed by atoms with Crippen molar-refractivity contribution in [3.05, 3.63) is 0 Å². The molecule has 1 atom stereocenters. The molecule has 88 valence electrons. The molecule has 1 aliphatic heterocycles. The van der Waals surface area contributed by atoms with Crippen LogP contribution in [0.2, 0.25) is 0 Å². The summed E-state index contributed by atoms with van der Waals surface area (Å²) in [5.74, 6) is 0.975. The monoisotopic (exact) mass is 231 g/mol. The smallest absolute Gasteiger partial charge is 0.0644 e. The van der Waals surface area contributed by atoms with Gasteiger partial charge in [-0.2, -0.15) is 12.6 Å². The summed E-state index contributed by atoms with van der Waals surface area (Å²) in [4.78, 5) is 2.39. The average Bonchev–Trinajstić information content (AvgIpc) is 2.24. The van der Waals surface area contributed by atoms with E-state index in [-0.39, 0.29) is 12.6 Å². The molecule has 0 aromatic carbocycles. The fraction of sp³-hybridized carbons (Fsp3) is 1.00. The predicted octanol–water partition coefficient (Wildman–Crippen LogP) is 0.780. The molecule has 1 N–H and O–H groups in total. The summed E-state index contributed by atoms with van der Waals surface area (Å²) in [6.07, 6.45) is 3.94. The van der Waals surface area contributed by atoms with Gasteiger partial charge in [-0.25, -0.2) is 0 Å². The fourth-order valence-corrected chi connectivity index (χ4v) is 2.96. The van der Waals surface area contributed by atoms with Gasteiger partial charge in [-0.1, -0.05) is 6.42 Å². The van der Waals surface area contributed by atoms with Gasteiger partial charge in [0.1, 0.15) is 0 Å². The van der Waals surface area contributed by atoms with Crippen LogP contribution in [0.5, 0.6) is 0 Å². The summed E-state index contributed by atoms with van der Waals surface area (Å²) in [7, 11) is 0. The number of morpholine rings is 1. The predicted molar refractivity (Wildman–Crippen MR) is 63.4 cm³/mol. The maximum Gasteiger partial charge on any atom is 0.0644 e. The largest absolute Gasteiger partial charge is 0.395 e. The average molecular weight is 231 g/mol. The Balaban J connectivity index is 1.90. The van der Waals surface area contributed by atoms with E-state index < -0.39 is 0 Å². The van der Waals surface area contributed by atoms with Crippen molar-refractivity contribution in [2.45, 2.75) is 25.3 Å². The molecule has 0 amide bonds. The van der Waals surface area contributed by atoms with Crippen molar-refractivity contribution < 1.29 is 9.84 Å². The van der Waals surface area contributed by atoms with Gasteiger partial charge in [-0.05, 0) is 24.0 Å². The van der Waals surface area contributed by atoms with Crippen LogP contribution in [0.25, 0.3) is 0 Å². The first-order chi connectivity index (χ1) is 7.29. The van der Waals surface area contributed by atoms with Crippen molar-refractivity contribution in [1.82, 2.24) is 4.90 Å². The molecular weight excluding hydrogens is 210 g/mol. The van der Waals surface area contributed by atoms with E-state index >= 15 is 0 Å². The number of aliphatic hydroxyl groups excluding tert-OH is 1. The van der Waals surface area contributed by atoms with E-state index in [1.807, 2.05) is 0 Å². The lowest BCUT2D eigenvalue weighted by molar-refractivity contribution is -0.0524. The molecule has 1 saturated carbocycles. The Bertz CT molecular complexity index is 203. The van der Waals surface area contributed by atoms with E-state index in [4.69, 9.17) is 4.74 Å². The molecule has 1 aliphatic carbocycles. The van der Waals surface area contributed by atoms with E-state index in [2.05, 4.69) is 17.5 Å². The van der Waals surface area contributed by atoms with E-state index in [0.717, 1.165) is 25.4 Å². The van der Waals surface area contributed by atoms with Gasteiger partial charge in [0.2, 0.25) is 0 Å². The summed E-state index contributed by atoms with van der Waals surface area (Å²) in [6.45, 7) is 3.74. The summed E-state index contributed by atoms with van der Waals surface area (Å²) in [5.41, 5.74) is 0.424. The van der Waals surface area contributed by atoms with Crippen LogP contribution in [-0.2, 0) is 4.74 Å². The van der Waals surface area contributed by atoms with Crippen LogP contribution in [0.4, 0.5) is 0 Å². The number of rotatable bonds is 4. The minimum absolute atomic E-state index is 0.205. The first-order valence-electron chi connectivity index (χ1n) is 5.83. The fourth-order valence-electron chi connectivity index (χ4n) is 2.54. The van der Waals surface area contributed by atoms with Crippen LogP contribution in [-0.4, -0.2) is 54.7 Å². The second kappa shape index (κ2) is 5.04. The second-order valence-corrected chi connectivity index (χ2v) is 5.21. The van der Waals surface area contributed by atoms with Crippen molar-refractivity contribution in [1.29, 1.82) is 0 Å². The molecule has 2 fully saturated rings. The van der Waals surface area contributed by atoms with Crippen molar-refractivity contribution >= 4 is 12.6 Å². The third-order valence-corrected chi connectivity index (χ3v) is 4.52. The minimum Gasteiger partial charge on any atom is -0.395 e. The molecule has 0 aromatic rings. The third-order valence-electron chi connectivity index (χ3n) is 3.85. The highest BCUT2D eigenvalue weighted by atomic mass is 32.1. The normalized spacial score (nSPS) is 31.2. The Hall–Kier alpha value is 0.230. The van der Waals surface area contributed by atoms with Gasteiger partial charge in [-0.15, -0.1) is 0 Å². The molecular formula is C11H21NO2S. The molecule has 2 rings (SSSR count). The summed E-state index contributed by atoms with van der Waals surface area (Å²) in [6, 6.07) is 0.205. The summed E-state index contributed by atoms with van der Waals surface area (Å²) < 4.78 is 5.38. The molecule has 15 heavy (non-hydrogen) atoms. The van der Waals surface area contributed by atoms with Crippen molar-refractivity contribution in [2.75, 3.05) is 38.7 Å². The van der Waals surface area contributed by atoms with E-state index in [1.165, 1.54) is 19.3 Å². The molecule has 0 spiro atoms. The van der Waals surface area contributed by atoms with Crippen LogP contribution in [0.1, 0.15) is 19.3 Å². The second-order valence-electron chi connectivity index (χ2n) is 4.89. The molecule has 1 saturated heterocycles. The Morgan fingerprint density at radius 3 is 2.80 bits per heavy atom. The zero-order valence-electron chi connectivity index (χ0n) is 9.19. The van der Waals surface area contributed by atoms with E-state index in [9.17, 15) is 5.11 Å². The first kappa shape index (κ1) is 11.7. The van der Waals surface area contributed by atoms with E-state index in [1.54, 1.807) is 0 Å². The van der Waals surface area contributed by atoms with Gasteiger partial charge in [-0.3, -0.25) is 4.90 Å². The molecule has 0 radical (unpaired) electrons. The van der Waals surface area contributed by atoms with Gasteiger partial charge in [0.15, 0.2) is 0 Å². The van der Waals surface area contributed by atoms with Crippen LogP contribution < -0.4 is 0 Å². The highest BCUT2D eigenvalue weighted by Gasteiger charge is 2.39. The lowest BCUT2D eigenvalue weighted by Gasteiger charge is -2.47. The number of hydrogen-bond acceptors (Lipinski definition) is 4. The van der Waals surface area contributed by atoms with Crippen LogP contribution in [0.15, 0.2) is 0 Å². The summed E-state index contributed by atoms with van der Waals surface area (Å²) >= 11 is 4.47. The van der Waals surface area contributed by atoms with Crippen LogP contribution in [0, 0.1) is 5.41 Å². The Morgan fingerprint density at radius 2 is 2.27 bits per heavy atom. The Kier molecular flexibility index (Phi) is 3.93. The van der Waals surface area contributed by atoms with Gasteiger partial charge in [0, 0.05) is 13.1 Å². The number of thiol groups is 1. The van der Waals surface area contributed by atoms with Gasteiger partial charge in [0.25, 0.3) is 0 Å². The molecule has 0 aromatic heterocycles. The SMILES string of the molecule is OCC1COCCN1CC1(CS)CCC1. The lowest BCUT2D eigenvalue weighted by atomic mass is 9.69. The quantitative estimate of drug-likeness (QED) is 0.701. The number of hydrogen-bond donors (Lipinski definition) is 2. The van der Waals surface area contributed by atoms with Gasteiger partial charge >= 0.3 is 0 Å². The molecule has 4 heteroatoms. The standard InChI is InChI=1S/C11H21NO2S/c13-6-10-7-14-5-4-12(10)8-11(9-15)2-1-3-11/h10,13,15H,1-9H2. The van der Waals surface area contributed by atoms with Crippen molar-refractivity contribution in [2.24, 2.45) is 5.41 Å². The van der Waals surface area contributed by atoms with Gasteiger partial charge < -0.3 is 9.84 Å². The third kappa shape index (κ3) is 2.49. The number of nitrogens with zero attached hydrogens (tertiary/aromatic N) is 1. The minimum atomic E-state index is 0.205. The van der Waals surface area contributed by atoms with Crippen LogP contribution >= 0.6 is 12.6 Å². The highest BCUT2D eigenvalue weighted by molar-refractivity contribution is 7.80. The molecule has 2 aliphatic rings. The van der Waals surface area contributed by atoms with Gasteiger partial charge in [0.05, 0.1) is 25.9 Å². The topological polar surface area (TPSA) is 32.7 Å². The highest BCUT2D eigenvalue weighted by Crippen LogP contribution is 2.42. The summed E-state index contributed by atoms with van der Waals surface area (Å²) in [5, 5.41) is 9.28. The maximum atomic E-state index is 9.28. The Labute approximate surface area is 97.2 Å².